The fourth-order valence-electron chi connectivity index (χ4n) is 5.57. The molecule has 6 heterocycles. The van der Waals surface area contributed by atoms with Gasteiger partial charge in [-0.3, -0.25) is 5.10 Å². The number of likely N-dealkylation sites (tertiary alicyclic amines) is 1. The maximum Gasteiger partial charge on any atom is 0.171 e. The van der Waals surface area contributed by atoms with E-state index >= 15 is 0 Å². The number of pyridine rings is 1. The summed E-state index contributed by atoms with van der Waals surface area (Å²) in [6, 6.07) is 5.35. The van der Waals surface area contributed by atoms with Crippen LogP contribution in [-0.2, 0) is 4.74 Å². The number of nitrogens with two attached hydrogens (primary N) is 1. The molecule has 2 bridgehead atoms. The van der Waals surface area contributed by atoms with Gasteiger partial charge in [0.2, 0.25) is 0 Å². The number of nitrogens with zero attached hydrogens (tertiary/aromatic N) is 7. The highest BCUT2D eigenvalue weighted by Gasteiger charge is 2.40. The van der Waals surface area contributed by atoms with Crippen LogP contribution in [0.1, 0.15) is 19.8 Å². The number of aromatic nitrogens is 5. The second kappa shape index (κ2) is 7.10. The summed E-state index contributed by atoms with van der Waals surface area (Å²) in [6.07, 6.45) is 4.13. The molecule has 6 rings (SSSR count). The first-order valence-corrected chi connectivity index (χ1v) is 11.1. The lowest BCUT2D eigenvalue weighted by Gasteiger charge is -2.42. The Morgan fingerprint density at radius 2 is 2.03 bits per heavy atom. The number of aromatic amines is 1. The number of hydrogen-bond donors (Lipinski definition) is 2. The van der Waals surface area contributed by atoms with E-state index in [1.165, 1.54) is 12.8 Å². The Labute approximate surface area is 180 Å². The van der Waals surface area contributed by atoms with E-state index < -0.39 is 0 Å². The van der Waals surface area contributed by atoms with E-state index in [0.29, 0.717) is 31.1 Å². The standard InChI is InChI=1S/C21H29N9O/c1-13-12-31-8-7-28(13)18-9-16(29-14-3-4-15(29)11-27(2)10-14)19-20(22)26-30(21(19)24-18)17-5-6-23-25-17/h5-6,9,13-15H,3-4,7-8,10-12H2,1-2H3,(H2,22,26)(H,23,25). The number of likely N-dealkylation sites (N-methyl/N-ethyl adjacent to an activating group) is 1. The molecule has 3 aliphatic rings. The molecule has 3 aromatic heterocycles. The summed E-state index contributed by atoms with van der Waals surface area (Å²) < 4.78 is 7.46. The van der Waals surface area contributed by atoms with Gasteiger partial charge in [0, 0.05) is 43.9 Å². The SMILES string of the molecule is CC1COCCN1c1cc(N2C3CCC2CN(C)C3)c2c(N)nn(-c3ccn[nH]3)c2n1. The van der Waals surface area contributed by atoms with E-state index in [-0.39, 0.29) is 6.04 Å². The van der Waals surface area contributed by atoms with Gasteiger partial charge >= 0.3 is 0 Å². The van der Waals surface area contributed by atoms with Crippen molar-refractivity contribution in [1.29, 1.82) is 0 Å². The van der Waals surface area contributed by atoms with E-state index in [4.69, 9.17) is 15.5 Å². The highest BCUT2D eigenvalue weighted by molar-refractivity contribution is 6.00. The Hall–Kier alpha value is -2.85. The predicted molar refractivity (Wildman–Crippen MR) is 120 cm³/mol. The number of nitrogens with one attached hydrogen (secondary N) is 1. The van der Waals surface area contributed by atoms with Crippen molar-refractivity contribution in [2.45, 2.75) is 37.9 Å². The van der Waals surface area contributed by atoms with Gasteiger partial charge < -0.3 is 25.2 Å². The Morgan fingerprint density at radius 1 is 1.23 bits per heavy atom. The smallest absolute Gasteiger partial charge is 0.171 e. The third kappa shape index (κ3) is 2.96. The zero-order valence-electron chi connectivity index (χ0n) is 18.0. The summed E-state index contributed by atoms with van der Waals surface area (Å²) in [4.78, 5) is 12.4. The number of anilines is 3. The average Bonchev–Trinajstić information content (AvgIpc) is 3.46. The van der Waals surface area contributed by atoms with Crippen LogP contribution >= 0.6 is 0 Å². The number of morpholine rings is 1. The lowest BCUT2D eigenvalue weighted by molar-refractivity contribution is 0.0985. The minimum atomic E-state index is 0.261. The second-order valence-corrected chi connectivity index (χ2v) is 9.07. The molecule has 3 aliphatic heterocycles. The fourth-order valence-corrected chi connectivity index (χ4v) is 5.57. The highest BCUT2D eigenvalue weighted by Crippen LogP contribution is 2.42. The summed E-state index contributed by atoms with van der Waals surface area (Å²) in [5, 5.41) is 12.7. The molecule has 10 nitrogen and oxygen atoms in total. The molecule has 3 unspecified atom stereocenters. The Balaban J connectivity index is 1.56. The molecule has 0 aliphatic carbocycles. The van der Waals surface area contributed by atoms with E-state index in [2.05, 4.69) is 50.0 Å². The molecule has 3 N–H and O–H groups in total. The maximum absolute atomic E-state index is 6.51. The number of ether oxygens (including phenoxy) is 1. The quantitative estimate of drug-likeness (QED) is 0.648. The van der Waals surface area contributed by atoms with Crippen molar-refractivity contribution in [3.05, 3.63) is 18.3 Å². The largest absolute Gasteiger partial charge is 0.382 e. The third-order valence-electron chi connectivity index (χ3n) is 6.95. The third-order valence-corrected chi connectivity index (χ3v) is 6.95. The van der Waals surface area contributed by atoms with Crippen molar-refractivity contribution in [3.8, 4) is 5.82 Å². The number of H-pyrrole nitrogens is 1. The Morgan fingerprint density at radius 3 is 2.74 bits per heavy atom. The molecule has 0 aromatic carbocycles. The summed E-state index contributed by atoms with van der Waals surface area (Å²) in [5.74, 6) is 2.22. The molecule has 10 heteroatoms. The molecular weight excluding hydrogens is 394 g/mol. The molecular formula is C21H29N9O. The number of rotatable bonds is 3. The number of nitrogen functional groups attached to an aromatic ring is 1. The number of piperazine rings is 1. The van der Waals surface area contributed by atoms with Gasteiger partial charge in [0.1, 0.15) is 5.82 Å². The molecule has 3 aromatic rings. The van der Waals surface area contributed by atoms with E-state index in [0.717, 1.165) is 48.0 Å². The minimum Gasteiger partial charge on any atom is -0.382 e. The van der Waals surface area contributed by atoms with Gasteiger partial charge in [0.05, 0.1) is 36.5 Å². The van der Waals surface area contributed by atoms with Crippen LogP contribution in [0.3, 0.4) is 0 Å². The molecule has 3 fully saturated rings. The van der Waals surface area contributed by atoms with Gasteiger partial charge in [0.25, 0.3) is 0 Å². The van der Waals surface area contributed by atoms with Crippen molar-refractivity contribution in [2.24, 2.45) is 0 Å². The first kappa shape index (κ1) is 18.9. The van der Waals surface area contributed by atoms with Crippen LogP contribution in [0, 0.1) is 0 Å². The molecule has 3 atom stereocenters. The average molecular weight is 424 g/mol. The zero-order chi connectivity index (χ0) is 21.1. The lowest BCUT2D eigenvalue weighted by Crippen LogP contribution is -2.52. The molecule has 164 valence electrons. The first-order valence-electron chi connectivity index (χ1n) is 11.1. The van der Waals surface area contributed by atoms with Crippen molar-refractivity contribution < 1.29 is 4.74 Å². The van der Waals surface area contributed by atoms with E-state index in [1.807, 2.05) is 6.07 Å². The summed E-state index contributed by atoms with van der Waals surface area (Å²) >= 11 is 0. The summed E-state index contributed by atoms with van der Waals surface area (Å²) in [7, 11) is 2.22. The summed E-state index contributed by atoms with van der Waals surface area (Å²) in [5.41, 5.74) is 8.43. The molecule has 31 heavy (non-hydrogen) atoms. The van der Waals surface area contributed by atoms with Crippen LogP contribution in [0.4, 0.5) is 17.3 Å². The van der Waals surface area contributed by atoms with Crippen LogP contribution in [0.2, 0.25) is 0 Å². The van der Waals surface area contributed by atoms with Gasteiger partial charge in [-0.1, -0.05) is 0 Å². The monoisotopic (exact) mass is 423 g/mol. The van der Waals surface area contributed by atoms with E-state index in [9.17, 15) is 0 Å². The van der Waals surface area contributed by atoms with Gasteiger partial charge in [-0.25, -0.2) is 4.98 Å². The number of fused-ring (bicyclic) bond motifs is 3. The van der Waals surface area contributed by atoms with Crippen molar-refractivity contribution in [2.75, 3.05) is 55.4 Å². The van der Waals surface area contributed by atoms with Gasteiger partial charge in [-0.2, -0.15) is 9.78 Å². The predicted octanol–water partition coefficient (Wildman–Crippen LogP) is 1.23. The highest BCUT2D eigenvalue weighted by atomic mass is 16.5. The first-order chi connectivity index (χ1) is 15.1. The number of hydrogen-bond acceptors (Lipinski definition) is 8. The Kier molecular flexibility index (Phi) is 4.32. The van der Waals surface area contributed by atoms with Gasteiger partial charge in [-0.05, 0) is 26.8 Å². The normalized spacial score (nSPS) is 26.8. The summed E-state index contributed by atoms with van der Waals surface area (Å²) in [6.45, 7) is 6.56. The van der Waals surface area contributed by atoms with Crippen molar-refractivity contribution in [1.82, 2.24) is 29.9 Å². The van der Waals surface area contributed by atoms with Crippen LogP contribution in [0.15, 0.2) is 18.3 Å². The van der Waals surface area contributed by atoms with E-state index in [1.54, 1.807) is 10.9 Å². The maximum atomic E-state index is 6.51. The second-order valence-electron chi connectivity index (χ2n) is 9.07. The van der Waals surface area contributed by atoms with Gasteiger partial charge in [0.15, 0.2) is 17.3 Å². The molecule has 3 saturated heterocycles. The molecule has 0 spiro atoms. The Bertz CT molecular complexity index is 1080. The topological polar surface area (TPSA) is 104 Å². The van der Waals surface area contributed by atoms with Crippen LogP contribution < -0.4 is 15.5 Å². The minimum absolute atomic E-state index is 0.261. The van der Waals surface area contributed by atoms with Crippen LogP contribution in [0.5, 0.6) is 0 Å². The van der Waals surface area contributed by atoms with Crippen LogP contribution in [0.25, 0.3) is 16.9 Å². The van der Waals surface area contributed by atoms with Crippen LogP contribution in [-0.4, -0.2) is 87.9 Å². The van der Waals surface area contributed by atoms with Crippen molar-refractivity contribution in [3.63, 3.8) is 0 Å². The van der Waals surface area contributed by atoms with Gasteiger partial charge in [-0.15, -0.1) is 5.10 Å². The zero-order valence-corrected chi connectivity index (χ0v) is 18.0. The fraction of sp³-hybridized carbons (Fsp3) is 0.571. The molecule has 0 saturated carbocycles. The lowest BCUT2D eigenvalue weighted by atomic mass is 10.1. The molecule has 0 radical (unpaired) electrons. The molecule has 0 amide bonds. The van der Waals surface area contributed by atoms with Crippen molar-refractivity contribution >= 4 is 28.4 Å².